The van der Waals surface area contributed by atoms with Gasteiger partial charge in [-0.25, -0.2) is 9.78 Å². The van der Waals surface area contributed by atoms with E-state index in [1.54, 1.807) is 0 Å². The quantitative estimate of drug-likeness (QED) is 0.793. The van der Waals surface area contributed by atoms with Gasteiger partial charge in [0.05, 0.1) is 7.11 Å². The van der Waals surface area contributed by atoms with Gasteiger partial charge in [0.2, 0.25) is 0 Å². The zero-order valence-corrected chi connectivity index (χ0v) is 12.2. The number of nitrogens with zero attached hydrogens (tertiary/aromatic N) is 2. The minimum Gasteiger partial charge on any atom is -0.465 e. The summed E-state index contributed by atoms with van der Waals surface area (Å²) in [5.41, 5.74) is 0. The number of methoxy groups -OCH3 is 1. The van der Waals surface area contributed by atoms with Crippen LogP contribution in [0.25, 0.3) is 0 Å². The molecule has 0 bridgehead atoms. The molecule has 0 unspecified atom stereocenters. The topological polar surface area (TPSA) is 42.4 Å². The van der Waals surface area contributed by atoms with E-state index in [9.17, 15) is 4.79 Å². The number of carbonyl (C=O) groups is 1. The van der Waals surface area contributed by atoms with Crippen LogP contribution in [0.4, 0.5) is 5.13 Å². The number of esters is 1. The Labute approximate surface area is 111 Å². The van der Waals surface area contributed by atoms with E-state index < -0.39 is 5.97 Å². The first-order valence-corrected chi connectivity index (χ1v) is 6.55. The van der Waals surface area contributed by atoms with E-state index in [2.05, 4.69) is 30.5 Å². The third kappa shape index (κ3) is 3.10. The number of halogens is 1. The number of hydrogen-bond donors (Lipinski definition) is 0. The summed E-state index contributed by atoms with van der Waals surface area (Å²) in [6, 6.07) is 0.322. The third-order valence-corrected chi connectivity index (χ3v) is 4.33. The van der Waals surface area contributed by atoms with Crippen LogP contribution in [0.15, 0.2) is 0 Å². The smallest absolute Gasteiger partial charge is 0.351 e. The first kappa shape index (κ1) is 14.3. The molecule has 17 heavy (non-hydrogen) atoms. The Hall–Kier alpha value is -0.810. The highest BCUT2D eigenvalue weighted by Gasteiger charge is 2.22. The number of carbonyl (C=O) groups excluding carboxylic acids is 1. The molecule has 4 nitrogen and oxygen atoms in total. The van der Waals surface area contributed by atoms with Crippen molar-refractivity contribution in [3.8, 4) is 0 Å². The molecule has 1 rings (SSSR count). The van der Waals surface area contributed by atoms with Gasteiger partial charge in [-0.1, -0.05) is 36.8 Å². The lowest BCUT2D eigenvalue weighted by atomic mass is 10.1. The molecule has 0 fully saturated rings. The lowest BCUT2D eigenvalue weighted by molar-refractivity contribution is 0.0606. The number of aromatic nitrogens is 1. The molecule has 0 saturated carbocycles. The molecular formula is C11H17ClN2O2S. The normalized spacial score (nSPS) is 12.6. The molecule has 1 aromatic heterocycles. The first-order chi connectivity index (χ1) is 7.88. The molecule has 1 heterocycles. The van der Waals surface area contributed by atoms with Crippen LogP contribution in [0.2, 0.25) is 5.15 Å². The summed E-state index contributed by atoms with van der Waals surface area (Å²) in [4.78, 5) is 18.0. The highest BCUT2D eigenvalue weighted by molar-refractivity contribution is 7.18. The van der Waals surface area contributed by atoms with Gasteiger partial charge in [-0.15, -0.1) is 0 Å². The monoisotopic (exact) mass is 276 g/mol. The molecule has 1 atom stereocenters. The second-order valence-electron chi connectivity index (χ2n) is 4.20. The van der Waals surface area contributed by atoms with Crippen LogP contribution < -0.4 is 4.90 Å². The van der Waals surface area contributed by atoms with Gasteiger partial charge in [0.25, 0.3) is 0 Å². The Kier molecular flexibility index (Phi) is 4.77. The maximum atomic E-state index is 11.4. The number of anilines is 1. The van der Waals surface area contributed by atoms with E-state index in [1.165, 1.54) is 18.4 Å². The summed E-state index contributed by atoms with van der Waals surface area (Å²) in [6.07, 6.45) is 0. The average molecular weight is 277 g/mol. The van der Waals surface area contributed by atoms with Crippen LogP contribution in [-0.2, 0) is 4.74 Å². The minimum atomic E-state index is -0.440. The molecule has 1 aromatic rings. The minimum absolute atomic E-state index is 0.208. The van der Waals surface area contributed by atoms with Crippen LogP contribution in [-0.4, -0.2) is 31.2 Å². The van der Waals surface area contributed by atoms with Gasteiger partial charge >= 0.3 is 5.97 Å². The Morgan fingerprint density at radius 2 is 2.06 bits per heavy atom. The van der Waals surface area contributed by atoms with Gasteiger partial charge in [0.15, 0.2) is 15.2 Å². The van der Waals surface area contributed by atoms with Crippen molar-refractivity contribution in [1.29, 1.82) is 0 Å². The molecule has 0 aliphatic rings. The lowest BCUT2D eigenvalue weighted by Gasteiger charge is -2.27. The van der Waals surface area contributed by atoms with Gasteiger partial charge in [0, 0.05) is 13.1 Å². The van der Waals surface area contributed by atoms with Gasteiger partial charge in [-0.3, -0.25) is 0 Å². The van der Waals surface area contributed by atoms with Crippen molar-refractivity contribution in [2.45, 2.75) is 26.8 Å². The lowest BCUT2D eigenvalue weighted by Crippen LogP contribution is -2.32. The Balaban J connectivity index is 2.97. The summed E-state index contributed by atoms with van der Waals surface area (Å²) in [5, 5.41) is 0.941. The van der Waals surface area contributed by atoms with Gasteiger partial charge in [0.1, 0.15) is 0 Å². The van der Waals surface area contributed by atoms with E-state index in [0.717, 1.165) is 5.13 Å². The van der Waals surface area contributed by atoms with Crippen molar-refractivity contribution in [3.05, 3.63) is 10.0 Å². The molecule has 0 spiro atoms. The number of thiazole rings is 1. The van der Waals surface area contributed by atoms with Crippen molar-refractivity contribution in [2.75, 3.05) is 19.1 Å². The number of ether oxygens (including phenoxy) is 1. The molecule has 0 radical (unpaired) electrons. The zero-order chi connectivity index (χ0) is 13.2. The van der Waals surface area contributed by atoms with Gasteiger partial charge < -0.3 is 9.64 Å². The Bertz CT molecular complexity index is 406. The Morgan fingerprint density at radius 3 is 2.53 bits per heavy atom. The molecule has 0 saturated heterocycles. The average Bonchev–Trinajstić information content (AvgIpc) is 2.68. The maximum absolute atomic E-state index is 11.4. The van der Waals surface area contributed by atoms with Crippen LogP contribution in [0.3, 0.4) is 0 Å². The van der Waals surface area contributed by atoms with E-state index in [-0.39, 0.29) is 5.15 Å². The second-order valence-corrected chi connectivity index (χ2v) is 5.54. The van der Waals surface area contributed by atoms with Crippen molar-refractivity contribution in [2.24, 2.45) is 5.92 Å². The molecule has 96 valence electrons. The molecule has 0 amide bonds. The van der Waals surface area contributed by atoms with Crippen LogP contribution in [0, 0.1) is 5.92 Å². The van der Waals surface area contributed by atoms with Gasteiger partial charge in [-0.05, 0) is 12.8 Å². The van der Waals surface area contributed by atoms with Crippen LogP contribution in [0.1, 0.15) is 30.4 Å². The zero-order valence-electron chi connectivity index (χ0n) is 10.7. The van der Waals surface area contributed by atoms with Crippen molar-refractivity contribution >= 4 is 34.0 Å². The molecule has 0 aliphatic carbocycles. The SMILES string of the molecule is COC(=O)c1sc(N(C)[C@@H](C)C(C)C)nc1Cl. The summed E-state index contributed by atoms with van der Waals surface area (Å²) in [7, 11) is 3.28. The largest absolute Gasteiger partial charge is 0.465 e. The molecular weight excluding hydrogens is 260 g/mol. The highest BCUT2D eigenvalue weighted by atomic mass is 35.5. The summed E-state index contributed by atoms with van der Waals surface area (Å²) in [6.45, 7) is 6.38. The van der Waals surface area contributed by atoms with Crippen molar-refractivity contribution < 1.29 is 9.53 Å². The van der Waals surface area contributed by atoms with E-state index in [4.69, 9.17) is 11.6 Å². The molecule has 0 aliphatic heterocycles. The molecule has 0 N–H and O–H groups in total. The van der Waals surface area contributed by atoms with Crippen molar-refractivity contribution in [1.82, 2.24) is 4.98 Å². The van der Waals surface area contributed by atoms with Crippen LogP contribution in [0.5, 0.6) is 0 Å². The molecule has 6 heteroatoms. The Morgan fingerprint density at radius 1 is 1.47 bits per heavy atom. The highest BCUT2D eigenvalue weighted by Crippen LogP contribution is 2.31. The standard InChI is InChI=1S/C11H17ClN2O2S/c1-6(2)7(3)14(4)11-13-9(12)8(17-11)10(15)16-5/h6-7H,1-5H3/t7-/m0/s1. The second kappa shape index (κ2) is 5.69. The number of hydrogen-bond acceptors (Lipinski definition) is 5. The fourth-order valence-corrected chi connectivity index (χ4v) is 2.53. The van der Waals surface area contributed by atoms with E-state index in [0.29, 0.717) is 16.8 Å². The molecule has 0 aromatic carbocycles. The predicted molar refractivity (Wildman–Crippen MR) is 71.2 cm³/mol. The summed E-state index contributed by atoms with van der Waals surface area (Å²) in [5.74, 6) is 0.0496. The van der Waals surface area contributed by atoms with E-state index >= 15 is 0 Å². The number of rotatable bonds is 4. The predicted octanol–water partition coefficient (Wildman–Crippen LogP) is 3.06. The fourth-order valence-electron chi connectivity index (χ4n) is 1.28. The van der Waals surface area contributed by atoms with Crippen LogP contribution >= 0.6 is 22.9 Å². The maximum Gasteiger partial charge on any atom is 0.351 e. The van der Waals surface area contributed by atoms with E-state index in [1.807, 2.05) is 11.9 Å². The third-order valence-electron chi connectivity index (χ3n) is 2.82. The fraction of sp³-hybridized carbons (Fsp3) is 0.636. The first-order valence-electron chi connectivity index (χ1n) is 5.36. The van der Waals surface area contributed by atoms with Crippen molar-refractivity contribution in [3.63, 3.8) is 0 Å². The summed E-state index contributed by atoms with van der Waals surface area (Å²) < 4.78 is 4.65. The summed E-state index contributed by atoms with van der Waals surface area (Å²) >= 11 is 7.17. The van der Waals surface area contributed by atoms with Gasteiger partial charge in [-0.2, -0.15) is 0 Å².